The van der Waals surface area contributed by atoms with Crippen molar-refractivity contribution in [3.8, 4) is 11.5 Å². The van der Waals surface area contributed by atoms with Crippen molar-refractivity contribution in [1.82, 2.24) is 4.98 Å². The minimum absolute atomic E-state index is 0.126. The Morgan fingerprint density at radius 3 is 2.86 bits per heavy atom. The second-order valence-electron chi connectivity index (χ2n) is 4.72. The van der Waals surface area contributed by atoms with Crippen molar-refractivity contribution < 1.29 is 14.6 Å². The number of phenolic OH excluding ortho intramolecular Hbond substituents is 1. The van der Waals surface area contributed by atoms with Crippen molar-refractivity contribution in [3.05, 3.63) is 60.3 Å². The maximum atomic E-state index is 12.3. The molecule has 2 N–H and O–H groups in total. The molecule has 0 aliphatic carbocycles. The maximum absolute atomic E-state index is 12.3. The molecule has 0 unspecified atom stereocenters. The van der Waals surface area contributed by atoms with Crippen LogP contribution in [-0.2, 0) is 0 Å². The van der Waals surface area contributed by atoms with Crippen molar-refractivity contribution in [1.29, 1.82) is 0 Å². The lowest BCUT2D eigenvalue weighted by molar-refractivity contribution is 0.102. The molecule has 0 fully saturated rings. The lowest BCUT2D eigenvalue weighted by Crippen LogP contribution is -2.12. The zero-order chi connectivity index (χ0) is 15.5. The molecule has 1 heterocycles. The molecule has 0 bridgehead atoms. The molecule has 22 heavy (non-hydrogen) atoms. The lowest BCUT2D eigenvalue weighted by atomic mass is 10.1. The van der Waals surface area contributed by atoms with Crippen LogP contribution in [0.2, 0.25) is 0 Å². The van der Waals surface area contributed by atoms with Crippen molar-refractivity contribution in [2.75, 3.05) is 12.4 Å². The van der Waals surface area contributed by atoms with Gasteiger partial charge in [-0.1, -0.05) is 18.2 Å². The molecule has 1 aromatic heterocycles. The molecule has 0 aliphatic heterocycles. The van der Waals surface area contributed by atoms with Crippen LogP contribution in [0.4, 0.5) is 5.69 Å². The van der Waals surface area contributed by atoms with Crippen LogP contribution in [-0.4, -0.2) is 23.1 Å². The normalized spacial score (nSPS) is 10.4. The number of benzene rings is 2. The van der Waals surface area contributed by atoms with Gasteiger partial charge >= 0.3 is 0 Å². The van der Waals surface area contributed by atoms with Gasteiger partial charge in [0.05, 0.1) is 12.7 Å². The molecule has 0 spiro atoms. The Morgan fingerprint density at radius 1 is 1.18 bits per heavy atom. The highest BCUT2D eigenvalue weighted by Gasteiger charge is 2.14. The predicted octanol–water partition coefficient (Wildman–Crippen LogP) is 3.20. The van der Waals surface area contributed by atoms with Crippen LogP contribution in [0.1, 0.15) is 10.4 Å². The number of aromatic nitrogens is 1. The van der Waals surface area contributed by atoms with Gasteiger partial charge in [-0.3, -0.25) is 9.78 Å². The SMILES string of the molecule is COc1cccc(NC(=O)c2ccc3cccnc3c2O)c1. The fourth-order valence-electron chi connectivity index (χ4n) is 2.21. The number of carbonyl (C=O) groups excluding carboxylic acids is 1. The highest BCUT2D eigenvalue weighted by atomic mass is 16.5. The number of amides is 1. The number of anilines is 1. The summed E-state index contributed by atoms with van der Waals surface area (Å²) in [6.07, 6.45) is 1.58. The third-order valence-electron chi connectivity index (χ3n) is 3.32. The van der Waals surface area contributed by atoms with E-state index in [2.05, 4.69) is 10.3 Å². The number of phenols is 1. The molecule has 0 saturated heterocycles. The molecule has 5 nitrogen and oxygen atoms in total. The summed E-state index contributed by atoms with van der Waals surface area (Å²) >= 11 is 0. The standard InChI is InChI=1S/C17H14N2O3/c1-22-13-6-2-5-12(10-13)19-17(21)14-8-7-11-4-3-9-18-15(11)16(14)20/h2-10,20H,1H3,(H,19,21). The van der Waals surface area contributed by atoms with E-state index in [0.717, 1.165) is 5.39 Å². The minimum atomic E-state index is -0.404. The fraction of sp³-hybridized carbons (Fsp3) is 0.0588. The van der Waals surface area contributed by atoms with Crippen LogP contribution >= 0.6 is 0 Å². The van der Waals surface area contributed by atoms with Gasteiger partial charge in [0.1, 0.15) is 11.3 Å². The fourth-order valence-corrected chi connectivity index (χ4v) is 2.21. The average Bonchev–Trinajstić information content (AvgIpc) is 2.55. The van der Waals surface area contributed by atoms with Crippen LogP contribution in [0.15, 0.2) is 54.7 Å². The van der Waals surface area contributed by atoms with Gasteiger partial charge in [-0.15, -0.1) is 0 Å². The largest absolute Gasteiger partial charge is 0.505 e. The number of hydrogen-bond donors (Lipinski definition) is 2. The highest BCUT2D eigenvalue weighted by Crippen LogP contribution is 2.27. The van der Waals surface area contributed by atoms with Crippen molar-refractivity contribution >= 4 is 22.5 Å². The van der Waals surface area contributed by atoms with E-state index in [1.807, 2.05) is 6.07 Å². The van der Waals surface area contributed by atoms with Gasteiger partial charge in [-0.05, 0) is 24.3 Å². The Balaban J connectivity index is 1.93. The first-order chi connectivity index (χ1) is 10.7. The summed E-state index contributed by atoms with van der Waals surface area (Å²) < 4.78 is 5.11. The summed E-state index contributed by atoms with van der Waals surface area (Å²) in [6.45, 7) is 0. The zero-order valence-corrected chi connectivity index (χ0v) is 11.9. The van der Waals surface area contributed by atoms with Gasteiger partial charge < -0.3 is 15.2 Å². The van der Waals surface area contributed by atoms with Gasteiger partial charge in [0.25, 0.3) is 5.91 Å². The van der Waals surface area contributed by atoms with Crippen molar-refractivity contribution in [3.63, 3.8) is 0 Å². The van der Waals surface area contributed by atoms with Crippen LogP contribution in [0, 0.1) is 0 Å². The monoisotopic (exact) mass is 294 g/mol. The van der Waals surface area contributed by atoms with Crippen molar-refractivity contribution in [2.24, 2.45) is 0 Å². The highest BCUT2D eigenvalue weighted by molar-refractivity contribution is 6.09. The molecule has 3 aromatic rings. The molecule has 0 aliphatic rings. The molecule has 3 rings (SSSR count). The molecule has 1 amide bonds. The van der Waals surface area contributed by atoms with E-state index in [4.69, 9.17) is 4.74 Å². The Morgan fingerprint density at radius 2 is 2.05 bits per heavy atom. The van der Waals surface area contributed by atoms with E-state index in [1.165, 1.54) is 0 Å². The molecular weight excluding hydrogens is 280 g/mol. The van der Waals surface area contributed by atoms with E-state index in [-0.39, 0.29) is 11.3 Å². The van der Waals surface area contributed by atoms with E-state index in [0.29, 0.717) is 17.0 Å². The van der Waals surface area contributed by atoms with Gasteiger partial charge in [0.2, 0.25) is 0 Å². The summed E-state index contributed by atoms with van der Waals surface area (Å²) in [7, 11) is 1.56. The third-order valence-corrected chi connectivity index (χ3v) is 3.32. The van der Waals surface area contributed by atoms with Gasteiger partial charge in [0, 0.05) is 23.3 Å². The topological polar surface area (TPSA) is 71.5 Å². The molecule has 0 atom stereocenters. The maximum Gasteiger partial charge on any atom is 0.259 e. The molecule has 2 aromatic carbocycles. The molecular formula is C17H14N2O3. The average molecular weight is 294 g/mol. The number of hydrogen-bond acceptors (Lipinski definition) is 4. The van der Waals surface area contributed by atoms with Gasteiger partial charge in [-0.2, -0.15) is 0 Å². The van der Waals surface area contributed by atoms with Gasteiger partial charge in [-0.25, -0.2) is 0 Å². The zero-order valence-electron chi connectivity index (χ0n) is 11.9. The first-order valence-electron chi connectivity index (χ1n) is 6.71. The Bertz CT molecular complexity index is 846. The van der Waals surface area contributed by atoms with E-state index >= 15 is 0 Å². The van der Waals surface area contributed by atoms with E-state index < -0.39 is 5.91 Å². The Kier molecular flexibility index (Phi) is 3.62. The van der Waals surface area contributed by atoms with Crippen LogP contribution in [0.25, 0.3) is 10.9 Å². The number of ether oxygens (including phenoxy) is 1. The van der Waals surface area contributed by atoms with Crippen LogP contribution in [0.5, 0.6) is 11.5 Å². The second-order valence-corrected chi connectivity index (χ2v) is 4.72. The number of pyridine rings is 1. The molecule has 0 saturated carbocycles. The number of nitrogens with one attached hydrogen (secondary N) is 1. The summed E-state index contributed by atoms with van der Waals surface area (Å²) in [6, 6.07) is 13.9. The quantitative estimate of drug-likeness (QED) is 0.778. The number of nitrogens with zero attached hydrogens (tertiary/aromatic N) is 1. The Hall–Kier alpha value is -3.08. The summed E-state index contributed by atoms with van der Waals surface area (Å²) in [5.41, 5.74) is 1.17. The first-order valence-corrected chi connectivity index (χ1v) is 6.71. The number of fused-ring (bicyclic) bond motifs is 1. The number of carbonyl (C=O) groups is 1. The molecule has 0 radical (unpaired) electrons. The van der Waals surface area contributed by atoms with Gasteiger partial charge in [0.15, 0.2) is 5.75 Å². The van der Waals surface area contributed by atoms with Crippen molar-refractivity contribution in [2.45, 2.75) is 0 Å². The van der Waals surface area contributed by atoms with Crippen LogP contribution < -0.4 is 10.1 Å². The van der Waals surface area contributed by atoms with E-state index in [9.17, 15) is 9.90 Å². The lowest BCUT2D eigenvalue weighted by Gasteiger charge is -2.09. The smallest absolute Gasteiger partial charge is 0.259 e. The minimum Gasteiger partial charge on any atom is -0.505 e. The first kappa shape index (κ1) is 13.9. The number of methoxy groups -OCH3 is 1. The molecule has 5 heteroatoms. The Labute approximate surface area is 127 Å². The summed E-state index contributed by atoms with van der Waals surface area (Å²) in [5, 5.41) is 13.8. The van der Waals surface area contributed by atoms with Crippen LogP contribution in [0.3, 0.4) is 0 Å². The summed E-state index contributed by atoms with van der Waals surface area (Å²) in [5.74, 6) is 0.110. The van der Waals surface area contributed by atoms with E-state index in [1.54, 1.807) is 55.8 Å². The second kappa shape index (κ2) is 5.73. The number of aromatic hydroxyl groups is 1. The summed E-state index contributed by atoms with van der Waals surface area (Å²) in [4.78, 5) is 16.4. The molecule has 110 valence electrons. The number of rotatable bonds is 3. The third kappa shape index (κ3) is 2.56. The predicted molar refractivity (Wildman–Crippen MR) is 84.4 cm³/mol.